The lowest BCUT2D eigenvalue weighted by Crippen LogP contribution is -2.19. The highest BCUT2D eigenvalue weighted by Crippen LogP contribution is 2.13. The molecule has 0 fully saturated rings. The fourth-order valence-corrected chi connectivity index (χ4v) is 1.73. The Hall–Kier alpha value is -2.49. The van der Waals surface area contributed by atoms with Crippen molar-refractivity contribution in [3.05, 3.63) is 54.1 Å². The molecule has 0 aliphatic carbocycles. The maximum absolute atomic E-state index is 11.8. The molecule has 0 bridgehead atoms. The first-order chi connectivity index (χ1) is 9.17. The van der Waals surface area contributed by atoms with Crippen molar-refractivity contribution >= 4 is 23.1 Å². The van der Waals surface area contributed by atoms with Gasteiger partial charge in [-0.05, 0) is 48.4 Å². The van der Waals surface area contributed by atoms with Gasteiger partial charge in [-0.1, -0.05) is 19.1 Å². The van der Waals surface area contributed by atoms with Crippen molar-refractivity contribution in [3.8, 4) is 0 Å². The van der Waals surface area contributed by atoms with Gasteiger partial charge in [-0.3, -0.25) is 0 Å². The summed E-state index contributed by atoms with van der Waals surface area (Å²) in [4.78, 5) is 11.8. The van der Waals surface area contributed by atoms with E-state index >= 15 is 0 Å². The van der Waals surface area contributed by atoms with Crippen molar-refractivity contribution in [1.82, 2.24) is 0 Å². The SMILES string of the molecule is CCc1cccc(NC(=O)Nc2ccc(N)cc2)c1. The Balaban J connectivity index is 1.99. The zero-order valence-corrected chi connectivity index (χ0v) is 10.8. The molecule has 0 heterocycles. The Labute approximate surface area is 112 Å². The van der Waals surface area contributed by atoms with E-state index in [9.17, 15) is 4.79 Å². The number of hydrogen-bond acceptors (Lipinski definition) is 2. The summed E-state index contributed by atoms with van der Waals surface area (Å²) in [6.45, 7) is 2.08. The lowest BCUT2D eigenvalue weighted by atomic mass is 10.1. The molecule has 0 atom stereocenters. The van der Waals surface area contributed by atoms with Crippen LogP contribution in [0.5, 0.6) is 0 Å². The summed E-state index contributed by atoms with van der Waals surface area (Å²) in [6.07, 6.45) is 0.940. The number of benzene rings is 2. The highest BCUT2D eigenvalue weighted by Gasteiger charge is 2.02. The quantitative estimate of drug-likeness (QED) is 0.735. The number of carbonyl (C=O) groups is 1. The molecule has 0 spiro atoms. The molecule has 0 saturated carbocycles. The first-order valence-electron chi connectivity index (χ1n) is 6.20. The van der Waals surface area contributed by atoms with E-state index in [1.54, 1.807) is 24.3 Å². The number of hydrogen-bond donors (Lipinski definition) is 3. The van der Waals surface area contributed by atoms with Gasteiger partial charge < -0.3 is 16.4 Å². The standard InChI is InChI=1S/C15H17N3O/c1-2-11-4-3-5-14(10-11)18-15(19)17-13-8-6-12(16)7-9-13/h3-10H,2,16H2,1H3,(H2,17,18,19). The van der Waals surface area contributed by atoms with E-state index in [2.05, 4.69) is 17.6 Å². The predicted molar refractivity (Wildman–Crippen MR) is 79.3 cm³/mol. The Morgan fingerprint density at radius 1 is 1.05 bits per heavy atom. The zero-order chi connectivity index (χ0) is 13.7. The van der Waals surface area contributed by atoms with Gasteiger partial charge >= 0.3 is 6.03 Å². The minimum Gasteiger partial charge on any atom is -0.399 e. The first-order valence-corrected chi connectivity index (χ1v) is 6.20. The van der Waals surface area contributed by atoms with Gasteiger partial charge in [0.2, 0.25) is 0 Å². The number of nitrogens with one attached hydrogen (secondary N) is 2. The monoisotopic (exact) mass is 255 g/mol. The van der Waals surface area contributed by atoms with Crippen LogP contribution in [-0.4, -0.2) is 6.03 Å². The molecule has 2 rings (SSSR count). The average Bonchev–Trinajstić information content (AvgIpc) is 2.41. The summed E-state index contributed by atoms with van der Waals surface area (Å²) in [6, 6.07) is 14.5. The predicted octanol–water partition coefficient (Wildman–Crippen LogP) is 3.48. The maximum Gasteiger partial charge on any atom is 0.323 e. The van der Waals surface area contributed by atoms with E-state index in [0.717, 1.165) is 12.1 Å². The number of carbonyl (C=O) groups excluding carboxylic acids is 1. The first kappa shape index (κ1) is 13.0. The summed E-state index contributed by atoms with van der Waals surface area (Å²) >= 11 is 0. The molecular formula is C15H17N3O. The third-order valence-electron chi connectivity index (χ3n) is 2.76. The molecule has 0 unspecified atom stereocenters. The molecule has 98 valence electrons. The summed E-state index contributed by atoms with van der Waals surface area (Å²) in [5.74, 6) is 0. The van der Waals surface area contributed by atoms with Crippen LogP contribution in [0.2, 0.25) is 0 Å². The van der Waals surface area contributed by atoms with Crippen molar-refractivity contribution in [2.75, 3.05) is 16.4 Å². The molecule has 4 heteroatoms. The van der Waals surface area contributed by atoms with E-state index in [1.165, 1.54) is 5.56 Å². The van der Waals surface area contributed by atoms with E-state index < -0.39 is 0 Å². The highest BCUT2D eigenvalue weighted by atomic mass is 16.2. The Morgan fingerprint density at radius 2 is 1.74 bits per heavy atom. The normalized spacial score (nSPS) is 9.95. The van der Waals surface area contributed by atoms with Crippen molar-refractivity contribution in [1.29, 1.82) is 0 Å². The minimum atomic E-state index is -0.266. The molecule has 0 radical (unpaired) electrons. The third kappa shape index (κ3) is 3.74. The number of nitrogens with two attached hydrogens (primary N) is 1. The number of amides is 2. The maximum atomic E-state index is 11.8. The second-order valence-corrected chi connectivity index (χ2v) is 4.26. The molecule has 0 aliphatic heterocycles. The smallest absolute Gasteiger partial charge is 0.323 e. The third-order valence-corrected chi connectivity index (χ3v) is 2.76. The van der Waals surface area contributed by atoms with Crippen LogP contribution in [0.15, 0.2) is 48.5 Å². The van der Waals surface area contributed by atoms with Gasteiger partial charge in [-0.25, -0.2) is 4.79 Å². The number of urea groups is 1. The van der Waals surface area contributed by atoms with Crippen LogP contribution in [0.4, 0.5) is 21.9 Å². The van der Waals surface area contributed by atoms with E-state index in [0.29, 0.717) is 11.4 Å². The molecule has 2 aromatic rings. The van der Waals surface area contributed by atoms with Crippen molar-refractivity contribution in [2.24, 2.45) is 0 Å². The number of aryl methyl sites for hydroxylation is 1. The molecular weight excluding hydrogens is 238 g/mol. The zero-order valence-electron chi connectivity index (χ0n) is 10.8. The molecule has 2 amide bonds. The molecule has 0 saturated heterocycles. The van der Waals surface area contributed by atoms with Crippen LogP contribution in [0, 0.1) is 0 Å². The lowest BCUT2D eigenvalue weighted by molar-refractivity contribution is 0.262. The summed E-state index contributed by atoms with van der Waals surface area (Å²) < 4.78 is 0. The second kappa shape index (κ2) is 5.91. The number of rotatable bonds is 3. The molecule has 2 aromatic carbocycles. The van der Waals surface area contributed by atoms with Crippen LogP contribution < -0.4 is 16.4 Å². The van der Waals surface area contributed by atoms with Crippen LogP contribution in [0.25, 0.3) is 0 Å². The van der Waals surface area contributed by atoms with Gasteiger partial charge in [0.15, 0.2) is 0 Å². The molecule has 0 aliphatic rings. The van der Waals surface area contributed by atoms with Crippen molar-refractivity contribution in [2.45, 2.75) is 13.3 Å². The van der Waals surface area contributed by atoms with Crippen LogP contribution in [0.1, 0.15) is 12.5 Å². The van der Waals surface area contributed by atoms with Crippen LogP contribution in [-0.2, 0) is 6.42 Å². The average molecular weight is 255 g/mol. The molecule has 4 nitrogen and oxygen atoms in total. The Bertz CT molecular complexity index is 564. The Morgan fingerprint density at radius 3 is 2.42 bits per heavy atom. The topological polar surface area (TPSA) is 67.2 Å². The van der Waals surface area contributed by atoms with E-state index in [4.69, 9.17) is 5.73 Å². The van der Waals surface area contributed by atoms with Gasteiger partial charge in [0, 0.05) is 17.1 Å². The van der Waals surface area contributed by atoms with E-state index in [-0.39, 0.29) is 6.03 Å². The van der Waals surface area contributed by atoms with Crippen LogP contribution >= 0.6 is 0 Å². The Kier molecular flexibility index (Phi) is 4.03. The lowest BCUT2D eigenvalue weighted by Gasteiger charge is -2.08. The van der Waals surface area contributed by atoms with Gasteiger partial charge in [0.05, 0.1) is 0 Å². The number of anilines is 3. The highest BCUT2D eigenvalue weighted by molar-refractivity contribution is 5.99. The van der Waals surface area contributed by atoms with Gasteiger partial charge in [0.25, 0.3) is 0 Å². The number of nitrogen functional groups attached to an aromatic ring is 1. The van der Waals surface area contributed by atoms with Crippen LogP contribution in [0.3, 0.4) is 0 Å². The van der Waals surface area contributed by atoms with Gasteiger partial charge in [0.1, 0.15) is 0 Å². The summed E-state index contributed by atoms with van der Waals surface area (Å²) in [5, 5.41) is 5.55. The van der Waals surface area contributed by atoms with Gasteiger partial charge in [-0.2, -0.15) is 0 Å². The minimum absolute atomic E-state index is 0.266. The van der Waals surface area contributed by atoms with E-state index in [1.807, 2.05) is 24.3 Å². The summed E-state index contributed by atoms with van der Waals surface area (Å²) in [7, 11) is 0. The second-order valence-electron chi connectivity index (χ2n) is 4.26. The van der Waals surface area contributed by atoms with Crippen molar-refractivity contribution in [3.63, 3.8) is 0 Å². The van der Waals surface area contributed by atoms with Gasteiger partial charge in [-0.15, -0.1) is 0 Å². The summed E-state index contributed by atoms with van der Waals surface area (Å²) in [5.41, 5.74) is 8.93. The fraction of sp³-hybridized carbons (Fsp3) is 0.133. The molecule has 4 N–H and O–H groups in total. The molecule has 19 heavy (non-hydrogen) atoms. The largest absolute Gasteiger partial charge is 0.399 e. The van der Waals surface area contributed by atoms with Crippen molar-refractivity contribution < 1.29 is 4.79 Å². The molecule has 0 aromatic heterocycles. The fourth-order valence-electron chi connectivity index (χ4n) is 1.73.